The zero-order valence-corrected chi connectivity index (χ0v) is 23.5. The van der Waals surface area contributed by atoms with E-state index in [0.29, 0.717) is 39.1 Å². The number of aromatic nitrogens is 6. The molecule has 1 amide bonds. The van der Waals surface area contributed by atoms with Crippen LogP contribution in [0.4, 0.5) is 5.82 Å². The maximum Gasteiger partial charge on any atom is 0.274 e. The number of anilines is 1. The number of carbonyl (C=O) groups excluding carboxylic acids is 1. The van der Waals surface area contributed by atoms with Crippen molar-refractivity contribution in [3.8, 4) is 28.9 Å². The molecule has 206 valence electrons. The number of hydrogen-bond donors (Lipinski definition) is 2. The van der Waals surface area contributed by atoms with Crippen molar-refractivity contribution in [2.75, 3.05) is 5.73 Å². The number of hydrogen-bond acceptors (Lipinski definition) is 8. The minimum atomic E-state index is -0.607. The van der Waals surface area contributed by atoms with Gasteiger partial charge in [0.2, 0.25) is 0 Å². The summed E-state index contributed by atoms with van der Waals surface area (Å²) < 4.78 is 3.27. The number of pyridine rings is 1. The molecule has 6 rings (SSSR count). The van der Waals surface area contributed by atoms with Gasteiger partial charge in [-0.1, -0.05) is 42.2 Å². The average molecular weight is 573 g/mol. The maximum atomic E-state index is 14.2. The van der Waals surface area contributed by atoms with Gasteiger partial charge < -0.3 is 11.1 Å². The van der Waals surface area contributed by atoms with Crippen molar-refractivity contribution >= 4 is 33.8 Å². The summed E-state index contributed by atoms with van der Waals surface area (Å²) in [6.45, 7) is 1.80. The standard InChI is InChI=1S/C31H24N8O2S/c1-19(36-30(40)28-29(32)33-15-24(37-28)25-17-42-18-34-25)26-13-22-8-6-7-21(12-11-20-14-35-38(2)16-20)27(22)31(41)39(26)23-9-4-3-5-10-23/h3-10,13-19H,1-2H3,(H2,32,33)(H,36,40). The number of amides is 1. The van der Waals surface area contributed by atoms with Crippen molar-refractivity contribution < 1.29 is 4.79 Å². The molecular formula is C31H24N8O2S. The predicted octanol–water partition coefficient (Wildman–Crippen LogP) is 4.11. The van der Waals surface area contributed by atoms with Crippen LogP contribution in [0.2, 0.25) is 0 Å². The summed E-state index contributed by atoms with van der Waals surface area (Å²) in [4.78, 5) is 40.4. The van der Waals surface area contributed by atoms with Gasteiger partial charge in [-0.3, -0.25) is 18.8 Å². The number of thiazole rings is 1. The Morgan fingerprint density at radius 3 is 2.62 bits per heavy atom. The summed E-state index contributed by atoms with van der Waals surface area (Å²) in [6.07, 6.45) is 4.97. The monoisotopic (exact) mass is 572 g/mol. The summed E-state index contributed by atoms with van der Waals surface area (Å²) in [5, 5.41) is 10.1. The number of para-hydroxylation sites is 1. The number of nitrogens with two attached hydrogens (primary N) is 1. The van der Waals surface area contributed by atoms with Crippen molar-refractivity contribution in [1.82, 2.24) is 34.6 Å². The van der Waals surface area contributed by atoms with Crippen LogP contribution in [-0.2, 0) is 7.05 Å². The van der Waals surface area contributed by atoms with Crippen LogP contribution in [0.1, 0.15) is 40.3 Å². The SMILES string of the molecule is CC(NC(=O)c1nc(-c2cscn2)cnc1N)c1cc2cccc(C#Cc3cnn(C)c3)c2c(=O)n1-c1ccccc1. The molecule has 0 bridgehead atoms. The Morgan fingerprint density at radius 1 is 1.05 bits per heavy atom. The highest BCUT2D eigenvalue weighted by Crippen LogP contribution is 2.24. The Labute approximate surface area is 244 Å². The van der Waals surface area contributed by atoms with Gasteiger partial charge in [-0.05, 0) is 36.6 Å². The Hall–Kier alpha value is -5.60. The van der Waals surface area contributed by atoms with Gasteiger partial charge in [0.05, 0.1) is 34.9 Å². The Bertz CT molecular complexity index is 2050. The first-order valence-electron chi connectivity index (χ1n) is 13.0. The summed E-state index contributed by atoms with van der Waals surface area (Å²) >= 11 is 1.41. The molecule has 11 heteroatoms. The fourth-order valence-corrected chi connectivity index (χ4v) is 5.19. The van der Waals surface area contributed by atoms with Gasteiger partial charge >= 0.3 is 0 Å². The van der Waals surface area contributed by atoms with Crippen LogP contribution < -0.4 is 16.6 Å². The van der Waals surface area contributed by atoms with Crippen LogP contribution in [0, 0.1) is 11.8 Å². The van der Waals surface area contributed by atoms with Crippen LogP contribution in [0.3, 0.4) is 0 Å². The molecule has 0 fully saturated rings. The highest BCUT2D eigenvalue weighted by molar-refractivity contribution is 7.07. The average Bonchev–Trinajstić information content (AvgIpc) is 3.68. The Kier molecular flexibility index (Phi) is 7.04. The number of rotatable bonds is 5. The predicted molar refractivity (Wildman–Crippen MR) is 162 cm³/mol. The van der Waals surface area contributed by atoms with Crippen LogP contribution in [-0.4, -0.2) is 35.2 Å². The second kappa shape index (κ2) is 11.1. The topological polar surface area (TPSA) is 134 Å². The van der Waals surface area contributed by atoms with Crippen molar-refractivity contribution in [2.45, 2.75) is 13.0 Å². The number of benzene rings is 2. The molecule has 42 heavy (non-hydrogen) atoms. The maximum absolute atomic E-state index is 14.2. The smallest absolute Gasteiger partial charge is 0.274 e. The molecule has 0 saturated heterocycles. The highest BCUT2D eigenvalue weighted by atomic mass is 32.1. The van der Waals surface area contributed by atoms with E-state index in [1.807, 2.05) is 73.2 Å². The zero-order chi connectivity index (χ0) is 29.2. The first kappa shape index (κ1) is 26.6. The molecule has 10 nitrogen and oxygen atoms in total. The van der Waals surface area contributed by atoms with Crippen molar-refractivity contribution in [3.63, 3.8) is 0 Å². The van der Waals surface area contributed by atoms with Gasteiger partial charge in [-0.15, -0.1) is 11.3 Å². The van der Waals surface area contributed by atoms with E-state index in [9.17, 15) is 9.59 Å². The van der Waals surface area contributed by atoms with Gasteiger partial charge in [0, 0.05) is 35.6 Å². The van der Waals surface area contributed by atoms with E-state index < -0.39 is 11.9 Å². The quantitative estimate of drug-likeness (QED) is 0.297. The molecule has 0 spiro atoms. The van der Waals surface area contributed by atoms with E-state index in [0.717, 1.165) is 5.56 Å². The lowest BCUT2D eigenvalue weighted by Crippen LogP contribution is -2.33. The lowest BCUT2D eigenvalue weighted by molar-refractivity contribution is 0.0934. The molecule has 4 aromatic heterocycles. The number of nitrogens with zero attached hydrogens (tertiary/aromatic N) is 6. The molecule has 1 atom stereocenters. The lowest BCUT2D eigenvalue weighted by Gasteiger charge is -2.21. The molecule has 4 heterocycles. The first-order chi connectivity index (χ1) is 20.4. The van der Waals surface area contributed by atoms with Gasteiger partial charge in [-0.2, -0.15) is 5.10 Å². The second-order valence-electron chi connectivity index (χ2n) is 9.53. The summed E-state index contributed by atoms with van der Waals surface area (Å²) in [6, 6.07) is 16.1. The van der Waals surface area contributed by atoms with Crippen molar-refractivity contribution in [2.24, 2.45) is 7.05 Å². The van der Waals surface area contributed by atoms with E-state index in [1.165, 1.54) is 17.5 Å². The molecule has 1 unspecified atom stereocenters. The molecule has 0 aliphatic heterocycles. The normalized spacial score (nSPS) is 11.6. The van der Waals surface area contributed by atoms with E-state index >= 15 is 0 Å². The van der Waals surface area contributed by atoms with E-state index in [1.54, 1.807) is 27.9 Å². The van der Waals surface area contributed by atoms with E-state index in [-0.39, 0.29) is 17.1 Å². The third-order valence-electron chi connectivity index (χ3n) is 6.64. The fraction of sp³-hybridized carbons (Fsp3) is 0.0968. The van der Waals surface area contributed by atoms with E-state index in [2.05, 4.69) is 37.2 Å². The summed E-state index contributed by atoms with van der Waals surface area (Å²) in [7, 11) is 1.82. The first-order valence-corrected chi connectivity index (χ1v) is 13.9. The molecule has 0 aliphatic rings. The lowest BCUT2D eigenvalue weighted by atomic mass is 10.0. The molecule has 2 aromatic carbocycles. The minimum Gasteiger partial charge on any atom is -0.382 e. The van der Waals surface area contributed by atoms with Crippen LogP contribution >= 0.6 is 11.3 Å². The van der Waals surface area contributed by atoms with Crippen molar-refractivity contribution in [1.29, 1.82) is 0 Å². The summed E-state index contributed by atoms with van der Waals surface area (Å²) in [5.41, 5.74) is 11.0. The van der Waals surface area contributed by atoms with Crippen molar-refractivity contribution in [3.05, 3.63) is 117 Å². The molecular weight excluding hydrogens is 548 g/mol. The second-order valence-corrected chi connectivity index (χ2v) is 10.2. The van der Waals surface area contributed by atoms with Crippen LogP contribution in [0.15, 0.2) is 88.9 Å². The summed E-state index contributed by atoms with van der Waals surface area (Å²) in [5.74, 6) is 5.71. The van der Waals surface area contributed by atoms with Gasteiger partial charge in [0.25, 0.3) is 11.5 Å². The molecule has 0 radical (unpaired) electrons. The largest absolute Gasteiger partial charge is 0.382 e. The molecule has 0 aliphatic carbocycles. The third kappa shape index (κ3) is 5.14. The van der Waals surface area contributed by atoms with Gasteiger partial charge in [-0.25, -0.2) is 15.0 Å². The van der Waals surface area contributed by atoms with Crippen LogP contribution in [0.25, 0.3) is 27.8 Å². The number of nitrogens with one attached hydrogen (secondary N) is 1. The number of carbonyl (C=O) groups is 1. The molecule has 6 aromatic rings. The number of nitrogen functional groups attached to an aromatic ring is 1. The Balaban J connectivity index is 1.44. The third-order valence-corrected chi connectivity index (χ3v) is 7.22. The Morgan fingerprint density at radius 2 is 1.88 bits per heavy atom. The minimum absolute atomic E-state index is 0.00512. The van der Waals surface area contributed by atoms with Gasteiger partial charge in [0.15, 0.2) is 11.5 Å². The fourth-order valence-electron chi connectivity index (χ4n) is 4.64. The van der Waals surface area contributed by atoms with Crippen LogP contribution in [0.5, 0.6) is 0 Å². The van der Waals surface area contributed by atoms with E-state index in [4.69, 9.17) is 5.73 Å². The molecule has 0 saturated carbocycles. The van der Waals surface area contributed by atoms with Gasteiger partial charge in [0.1, 0.15) is 11.4 Å². The number of fused-ring (bicyclic) bond motifs is 1. The zero-order valence-electron chi connectivity index (χ0n) is 22.6. The highest BCUT2D eigenvalue weighted by Gasteiger charge is 2.22. The molecule has 3 N–H and O–H groups in total. The number of aryl methyl sites for hydroxylation is 1.